The normalized spacial score (nSPS) is 10.8. The van der Waals surface area contributed by atoms with Crippen molar-refractivity contribution in [1.29, 1.82) is 0 Å². The number of thiazole rings is 1. The molecule has 0 amide bonds. The Labute approximate surface area is 93.0 Å². The Bertz CT molecular complexity index is 393. The number of hydrogen-bond donors (Lipinski definition) is 1. The van der Waals surface area contributed by atoms with Gasteiger partial charge in [0.2, 0.25) is 0 Å². The highest BCUT2D eigenvalue weighted by Gasteiger charge is 2.01. The van der Waals surface area contributed by atoms with Crippen LogP contribution in [0.3, 0.4) is 0 Å². The van der Waals surface area contributed by atoms with Gasteiger partial charge in [-0.05, 0) is 18.1 Å². The van der Waals surface area contributed by atoms with Gasteiger partial charge in [-0.25, -0.2) is 4.98 Å². The van der Waals surface area contributed by atoms with E-state index in [1.54, 1.807) is 11.3 Å². The van der Waals surface area contributed by atoms with Gasteiger partial charge in [0.1, 0.15) is 0 Å². The number of rotatable bonds is 4. The van der Waals surface area contributed by atoms with Gasteiger partial charge < -0.3 is 9.67 Å². The first kappa shape index (κ1) is 10.4. The van der Waals surface area contributed by atoms with Gasteiger partial charge in [0, 0.05) is 17.8 Å². The SMILES string of the molecule is CCc1nc(Cn2ccc(CO)c2)cs1. The van der Waals surface area contributed by atoms with Gasteiger partial charge in [-0.15, -0.1) is 11.3 Å². The van der Waals surface area contributed by atoms with E-state index in [1.807, 2.05) is 23.0 Å². The third-order valence-corrected chi connectivity index (χ3v) is 3.28. The van der Waals surface area contributed by atoms with Crippen LogP contribution >= 0.6 is 11.3 Å². The Morgan fingerprint density at radius 2 is 2.40 bits per heavy atom. The monoisotopic (exact) mass is 222 g/mol. The molecule has 0 aliphatic heterocycles. The Hall–Kier alpha value is -1.13. The molecule has 2 aromatic rings. The third-order valence-electron chi connectivity index (χ3n) is 2.24. The van der Waals surface area contributed by atoms with Crippen molar-refractivity contribution in [3.05, 3.63) is 40.1 Å². The van der Waals surface area contributed by atoms with Crippen LogP contribution in [0.2, 0.25) is 0 Å². The molecule has 2 aromatic heterocycles. The predicted octanol–water partition coefficient (Wildman–Crippen LogP) is 2.05. The molecule has 0 unspecified atom stereocenters. The van der Waals surface area contributed by atoms with Crippen molar-refractivity contribution < 1.29 is 5.11 Å². The van der Waals surface area contributed by atoms with E-state index in [1.165, 1.54) is 5.01 Å². The number of hydrogen-bond acceptors (Lipinski definition) is 3. The minimum absolute atomic E-state index is 0.101. The van der Waals surface area contributed by atoms with Crippen molar-refractivity contribution in [2.45, 2.75) is 26.5 Å². The zero-order valence-corrected chi connectivity index (χ0v) is 9.50. The molecule has 4 heteroatoms. The van der Waals surface area contributed by atoms with Crippen molar-refractivity contribution in [2.24, 2.45) is 0 Å². The fraction of sp³-hybridized carbons (Fsp3) is 0.364. The molecule has 0 aliphatic carbocycles. The van der Waals surface area contributed by atoms with E-state index in [0.717, 1.165) is 24.2 Å². The van der Waals surface area contributed by atoms with Crippen LogP contribution in [0, 0.1) is 0 Å². The third kappa shape index (κ3) is 2.46. The molecule has 0 aromatic carbocycles. The summed E-state index contributed by atoms with van der Waals surface area (Å²) in [6.45, 7) is 3.00. The van der Waals surface area contributed by atoms with Crippen LogP contribution in [-0.2, 0) is 19.6 Å². The summed E-state index contributed by atoms with van der Waals surface area (Å²) >= 11 is 1.71. The fourth-order valence-corrected chi connectivity index (χ4v) is 2.19. The Morgan fingerprint density at radius 3 is 3.00 bits per heavy atom. The summed E-state index contributed by atoms with van der Waals surface area (Å²) in [6.07, 6.45) is 4.92. The molecule has 15 heavy (non-hydrogen) atoms. The Morgan fingerprint density at radius 1 is 1.53 bits per heavy atom. The highest BCUT2D eigenvalue weighted by atomic mass is 32.1. The lowest BCUT2D eigenvalue weighted by Crippen LogP contribution is -1.96. The van der Waals surface area contributed by atoms with E-state index < -0.39 is 0 Å². The second-order valence-corrected chi connectivity index (χ2v) is 4.38. The summed E-state index contributed by atoms with van der Waals surface area (Å²) < 4.78 is 2.04. The van der Waals surface area contributed by atoms with Crippen LogP contribution in [0.4, 0.5) is 0 Å². The van der Waals surface area contributed by atoms with Crippen molar-refractivity contribution in [3.8, 4) is 0 Å². The summed E-state index contributed by atoms with van der Waals surface area (Å²) in [5.74, 6) is 0. The molecule has 0 saturated heterocycles. The molecule has 0 atom stereocenters. The molecule has 0 saturated carbocycles. The smallest absolute Gasteiger partial charge is 0.0926 e. The molecule has 2 rings (SSSR count). The summed E-state index contributed by atoms with van der Waals surface area (Å²) in [5, 5.41) is 12.2. The lowest BCUT2D eigenvalue weighted by Gasteiger charge is -1.98. The van der Waals surface area contributed by atoms with Crippen molar-refractivity contribution >= 4 is 11.3 Å². The Kier molecular flexibility index (Phi) is 3.18. The van der Waals surface area contributed by atoms with E-state index >= 15 is 0 Å². The zero-order chi connectivity index (χ0) is 10.7. The largest absolute Gasteiger partial charge is 0.392 e. The van der Waals surface area contributed by atoms with Crippen LogP contribution in [0.5, 0.6) is 0 Å². The molecule has 0 fully saturated rings. The highest BCUT2D eigenvalue weighted by molar-refractivity contribution is 7.09. The van der Waals surface area contributed by atoms with Crippen LogP contribution in [0.15, 0.2) is 23.8 Å². The minimum atomic E-state index is 0.101. The van der Waals surface area contributed by atoms with E-state index in [-0.39, 0.29) is 6.61 Å². The summed E-state index contributed by atoms with van der Waals surface area (Å²) in [6, 6.07) is 1.92. The fourth-order valence-electron chi connectivity index (χ4n) is 1.45. The second kappa shape index (κ2) is 4.59. The number of aryl methyl sites for hydroxylation is 1. The van der Waals surface area contributed by atoms with Crippen LogP contribution in [-0.4, -0.2) is 14.7 Å². The quantitative estimate of drug-likeness (QED) is 0.859. The second-order valence-electron chi connectivity index (χ2n) is 3.44. The number of aliphatic hydroxyl groups excluding tert-OH is 1. The molecule has 1 N–H and O–H groups in total. The van der Waals surface area contributed by atoms with Gasteiger partial charge in [-0.1, -0.05) is 6.92 Å². The van der Waals surface area contributed by atoms with Gasteiger partial charge in [0.25, 0.3) is 0 Å². The number of nitrogens with zero attached hydrogens (tertiary/aromatic N) is 2. The highest BCUT2D eigenvalue weighted by Crippen LogP contribution is 2.12. The predicted molar refractivity (Wildman–Crippen MR) is 60.9 cm³/mol. The maximum absolute atomic E-state index is 8.93. The number of aliphatic hydroxyl groups is 1. The summed E-state index contributed by atoms with van der Waals surface area (Å²) in [4.78, 5) is 4.49. The van der Waals surface area contributed by atoms with Gasteiger partial charge >= 0.3 is 0 Å². The first-order valence-electron chi connectivity index (χ1n) is 5.00. The molecular formula is C11H14N2OS. The van der Waals surface area contributed by atoms with Crippen molar-refractivity contribution in [1.82, 2.24) is 9.55 Å². The molecule has 80 valence electrons. The summed E-state index contributed by atoms with van der Waals surface area (Å²) in [7, 11) is 0. The molecule has 3 nitrogen and oxygen atoms in total. The zero-order valence-electron chi connectivity index (χ0n) is 8.68. The van der Waals surface area contributed by atoms with E-state index in [4.69, 9.17) is 5.11 Å². The molecule has 0 spiro atoms. The molecule has 0 radical (unpaired) electrons. The maximum Gasteiger partial charge on any atom is 0.0926 e. The lowest BCUT2D eigenvalue weighted by molar-refractivity contribution is 0.282. The van der Waals surface area contributed by atoms with Crippen molar-refractivity contribution in [2.75, 3.05) is 0 Å². The van der Waals surface area contributed by atoms with E-state index in [2.05, 4.69) is 17.3 Å². The van der Waals surface area contributed by atoms with Gasteiger partial charge in [0.05, 0.1) is 23.9 Å². The topological polar surface area (TPSA) is 38.0 Å². The average Bonchev–Trinajstić information content (AvgIpc) is 2.87. The van der Waals surface area contributed by atoms with Gasteiger partial charge in [0.15, 0.2) is 0 Å². The number of aromatic nitrogens is 2. The van der Waals surface area contributed by atoms with Gasteiger partial charge in [-0.2, -0.15) is 0 Å². The van der Waals surface area contributed by atoms with E-state index in [9.17, 15) is 0 Å². The van der Waals surface area contributed by atoms with Crippen LogP contribution in [0.25, 0.3) is 0 Å². The first-order valence-corrected chi connectivity index (χ1v) is 5.88. The lowest BCUT2D eigenvalue weighted by atomic mass is 10.4. The van der Waals surface area contributed by atoms with Crippen LogP contribution < -0.4 is 0 Å². The first-order chi connectivity index (χ1) is 7.31. The molecule has 0 bridgehead atoms. The van der Waals surface area contributed by atoms with E-state index in [0.29, 0.717) is 0 Å². The minimum Gasteiger partial charge on any atom is -0.392 e. The Balaban J connectivity index is 2.07. The molecular weight excluding hydrogens is 208 g/mol. The standard InChI is InChI=1S/C11H14N2OS/c1-2-11-12-10(8-15-11)6-13-4-3-9(5-13)7-14/h3-5,8,14H,2,6-7H2,1H3. The van der Waals surface area contributed by atoms with Gasteiger partial charge in [-0.3, -0.25) is 0 Å². The average molecular weight is 222 g/mol. The molecule has 2 heterocycles. The maximum atomic E-state index is 8.93. The summed E-state index contributed by atoms with van der Waals surface area (Å²) in [5.41, 5.74) is 2.04. The van der Waals surface area contributed by atoms with Crippen LogP contribution in [0.1, 0.15) is 23.2 Å². The van der Waals surface area contributed by atoms with Crippen molar-refractivity contribution in [3.63, 3.8) is 0 Å². The molecule has 0 aliphatic rings.